The molecule has 5 N–H and O–H groups in total. The first-order chi connectivity index (χ1) is 10.1. The fraction of sp³-hybridized carbons (Fsp3) is 0.308. The fourth-order valence-electron chi connectivity index (χ4n) is 2.37. The van der Waals surface area contributed by atoms with Crippen LogP contribution in [0, 0.1) is 13.8 Å². The molecule has 1 unspecified atom stereocenters. The van der Waals surface area contributed by atoms with Gasteiger partial charge in [0.05, 0.1) is 17.6 Å². The molecule has 3 aromatic rings. The van der Waals surface area contributed by atoms with Gasteiger partial charge >= 0.3 is 0 Å². The van der Waals surface area contributed by atoms with Gasteiger partial charge in [-0.15, -0.1) is 11.3 Å². The lowest BCUT2D eigenvalue weighted by molar-refractivity contribution is 0.873. The molecule has 0 radical (unpaired) electrons. The Bertz CT molecular complexity index is 776. The molecule has 1 atom stereocenters. The lowest BCUT2D eigenvalue weighted by Gasteiger charge is -2.15. The molecule has 3 aromatic heterocycles. The largest absolute Gasteiger partial charge is 0.363 e. The number of hydrazine groups is 1. The summed E-state index contributed by atoms with van der Waals surface area (Å²) in [7, 11) is 0. The van der Waals surface area contributed by atoms with Crippen molar-refractivity contribution in [2.24, 2.45) is 5.84 Å². The van der Waals surface area contributed by atoms with E-state index in [1.54, 1.807) is 17.5 Å². The van der Waals surface area contributed by atoms with E-state index in [9.17, 15) is 0 Å². The first kappa shape index (κ1) is 13.8. The van der Waals surface area contributed by atoms with Gasteiger partial charge in [-0.25, -0.2) is 5.84 Å². The standard InChI is InChI=1S/C13H17N7S/c1-6-4-9(8(3)21-6)7(2)16-11-10-5-15-20-12(10)18-13(17-11)19-14/h4-5,7H,14H2,1-3H3,(H3,15,16,17,18,19,20). The van der Waals surface area contributed by atoms with E-state index in [1.807, 2.05) is 0 Å². The number of nitrogens with one attached hydrogen (secondary N) is 3. The number of hydrogen-bond acceptors (Lipinski definition) is 7. The van der Waals surface area contributed by atoms with Gasteiger partial charge in [-0.1, -0.05) is 0 Å². The predicted molar refractivity (Wildman–Crippen MR) is 85.3 cm³/mol. The van der Waals surface area contributed by atoms with E-state index >= 15 is 0 Å². The third-order valence-corrected chi connectivity index (χ3v) is 4.32. The number of hydrogen-bond donors (Lipinski definition) is 4. The third kappa shape index (κ3) is 2.55. The molecule has 110 valence electrons. The molecule has 0 spiro atoms. The number of aryl methyl sites for hydroxylation is 2. The fourth-order valence-corrected chi connectivity index (χ4v) is 3.40. The quantitative estimate of drug-likeness (QED) is 0.436. The van der Waals surface area contributed by atoms with Gasteiger partial charge in [0.2, 0.25) is 5.95 Å². The molecular formula is C13H17N7S. The van der Waals surface area contributed by atoms with Crippen LogP contribution in [0.1, 0.15) is 28.3 Å². The van der Waals surface area contributed by atoms with Crippen molar-refractivity contribution in [2.75, 3.05) is 10.7 Å². The number of anilines is 2. The first-order valence-corrected chi connectivity index (χ1v) is 7.41. The van der Waals surface area contributed by atoms with E-state index in [1.165, 1.54) is 15.3 Å². The smallest absolute Gasteiger partial charge is 0.241 e. The van der Waals surface area contributed by atoms with Gasteiger partial charge in [0.1, 0.15) is 5.82 Å². The molecule has 7 nitrogen and oxygen atoms in total. The molecule has 0 aliphatic carbocycles. The van der Waals surface area contributed by atoms with Crippen molar-refractivity contribution in [1.29, 1.82) is 0 Å². The minimum Gasteiger partial charge on any atom is -0.363 e. The van der Waals surface area contributed by atoms with Crippen LogP contribution in [0.2, 0.25) is 0 Å². The topological polar surface area (TPSA) is 105 Å². The summed E-state index contributed by atoms with van der Waals surface area (Å²) in [6.07, 6.45) is 1.70. The highest BCUT2D eigenvalue weighted by molar-refractivity contribution is 7.12. The van der Waals surface area contributed by atoms with Gasteiger partial charge in [-0.3, -0.25) is 10.5 Å². The average Bonchev–Trinajstić information content (AvgIpc) is 3.04. The Morgan fingerprint density at radius 2 is 2.14 bits per heavy atom. The van der Waals surface area contributed by atoms with Crippen LogP contribution in [0.3, 0.4) is 0 Å². The van der Waals surface area contributed by atoms with Gasteiger partial charge in [-0.05, 0) is 32.4 Å². The number of nitrogens with zero attached hydrogens (tertiary/aromatic N) is 3. The maximum Gasteiger partial charge on any atom is 0.241 e. The molecular weight excluding hydrogens is 286 g/mol. The summed E-state index contributed by atoms with van der Waals surface area (Å²) < 4.78 is 0. The molecule has 0 bridgehead atoms. The summed E-state index contributed by atoms with van der Waals surface area (Å²) in [6.45, 7) is 6.35. The van der Waals surface area contributed by atoms with Crippen LogP contribution in [0.5, 0.6) is 0 Å². The molecule has 0 aliphatic rings. The highest BCUT2D eigenvalue weighted by Crippen LogP contribution is 2.30. The predicted octanol–water partition coefficient (Wildman–Crippen LogP) is 2.49. The van der Waals surface area contributed by atoms with Crippen molar-refractivity contribution in [3.05, 3.63) is 27.6 Å². The van der Waals surface area contributed by atoms with E-state index in [-0.39, 0.29) is 6.04 Å². The lowest BCUT2D eigenvalue weighted by atomic mass is 10.1. The highest BCUT2D eigenvalue weighted by Gasteiger charge is 2.15. The van der Waals surface area contributed by atoms with Crippen molar-refractivity contribution in [3.63, 3.8) is 0 Å². The highest BCUT2D eigenvalue weighted by atomic mass is 32.1. The molecule has 0 aliphatic heterocycles. The Balaban J connectivity index is 1.97. The lowest BCUT2D eigenvalue weighted by Crippen LogP contribution is -2.14. The molecule has 0 amide bonds. The molecule has 21 heavy (non-hydrogen) atoms. The SMILES string of the molecule is Cc1cc(C(C)Nc2nc(NN)nc3[nH]ncc23)c(C)s1. The average molecular weight is 303 g/mol. The summed E-state index contributed by atoms with van der Waals surface area (Å²) in [5.74, 6) is 6.47. The Morgan fingerprint density at radius 1 is 1.33 bits per heavy atom. The monoisotopic (exact) mass is 303 g/mol. The normalized spacial score (nSPS) is 12.6. The van der Waals surface area contributed by atoms with Crippen molar-refractivity contribution in [3.8, 4) is 0 Å². The van der Waals surface area contributed by atoms with E-state index in [2.05, 4.69) is 57.7 Å². The van der Waals surface area contributed by atoms with Crippen LogP contribution in [-0.2, 0) is 0 Å². The molecule has 0 saturated carbocycles. The van der Waals surface area contributed by atoms with E-state index in [0.717, 1.165) is 5.39 Å². The van der Waals surface area contributed by atoms with Crippen LogP contribution in [-0.4, -0.2) is 20.2 Å². The van der Waals surface area contributed by atoms with E-state index in [4.69, 9.17) is 5.84 Å². The van der Waals surface area contributed by atoms with Crippen LogP contribution in [0.4, 0.5) is 11.8 Å². The van der Waals surface area contributed by atoms with Crippen molar-refractivity contribution >= 4 is 34.1 Å². The van der Waals surface area contributed by atoms with Crippen LogP contribution in [0.15, 0.2) is 12.3 Å². The maximum atomic E-state index is 5.41. The third-order valence-electron chi connectivity index (χ3n) is 3.34. The number of H-pyrrole nitrogens is 1. The van der Waals surface area contributed by atoms with E-state index in [0.29, 0.717) is 17.4 Å². The van der Waals surface area contributed by atoms with Crippen LogP contribution in [0.25, 0.3) is 11.0 Å². The summed E-state index contributed by atoms with van der Waals surface area (Å²) in [6, 6.07) is 2.33. The summed E-state index contributed by atoms with van der Waals surface area (Å²) in [5.41, 5.74) is 4.39. The Labute approximate surface area is 126 Å². The number of nitrogens with two attached hydrogens (primary N) is 1. The van der Waals surface area contributed by atoms with Crippen molar-refractivity contribution < 1.29 is 0 Å². The van der Waals surface area contributed by atoms with Gasteiger partial charge in [0.15, 0.2) is 5.65 Å². The van der Waals surface area contributed by atoms with Crippen molar-refractivity contribution in [1.82, 2.24) is 20.2 Å². The van der Waals surface area contributed by atoms with Gasteiger partial charge < -0.3 is 5.32 Å². The number of rotatable bonds is 4. The molecule has 3 rings (SSSR count). The zero-order valence-electron chi connectivity index (χ0n) is 12.1. The molecule has 8 heteroatoms. The van der Waals surface area contributed by atoms with Crippen LogP contribution >= 0.6 is 11.3 Å². The van der Waals surface area contributed by atoms with E-state index < -0.39 is 0 Å². The number of aromatic nitrogens is 4. The van der Waals surface area contributed by atoms with Gasteiger partial charge in [0.25, 0.3) is 0 Å². The van der Waals surface area contributed by atoms with Crippen LogP contribution < -0.4 is 16.6 Å². The minimum absolute atomic E-state index is 0.133. The second-order valence-electron chi connectivity index (χ2n) is 4.91. The molecule has 0 saturated heterocycles. The number of aromatic amines is 1. The van der Waals surface area contributed by atoms with Gasteiger partial charge in [-0.2, -0.15) is 15.1 Å². The summed E-state index contributed by atoms with van der Waals surface area (Å²) in [5, 5.41) is 11.1. The second kappa shape index (κ2) is 5.30. The Kier molecular flexibility index (Phi) is 3.48. The Hall–Kier alpha value is -2.19. The molecule has 3 heterocycles. The Morgan fingerprint density at radius 3 is 2.81 bits per heavy atom. The molecule has 0 aromatic carbocycles. The number of nitrogen functional groups attached to an aromatic ring is 1. The number of fused-ring (bicyclic) bond motifs is 1. The molecule has 0 fully saturated rings. The number of thiophene rings is 1. The van der Waals surface area contributed by atoms with Gasteiger partial charge in [0, 0.05) is 9.75 Å². The zero-order chi connectivity index (χ0) is 15.0. The van der Waals surface area contributed by atoms with Crippen molar-refractivity contribution in [2.45, 2.75) is 26.8 Å². The maximum absolute atomic E-state index is 5.41. The second-order valence-corrected chi connectivity index (χ2v) is 6.37. The summed E-state index contributed by atoms with van der Waals surface area (Å²) >= 11 is 1.80. The first-order valence-electron chi connectivity index (χ1n) is 6.59. The zero-order valence-corrected chi connectivity index (χ0v) is 12.9. The minimum atomic E-state index is 0.133. The summed E-state index contributed by atoms with van der Waals surface area (Å²) in [4.78, 5) is 11.2.